The lowest BCUT2D eigenvalue weighted by Gasteiger charge is -2.23. The fraction of sp³-hybridized carbons (Fsp3) is 0.400. The van der Waals surface area contributed by atoms with Crippen LogP contribution in [-0.4, -0.2) is 37.3 Å². The standard InChI is InChI=1S/C10H8BrCl2F4NO2S/c11-3-4-18(5-10(15,16)17)21(19,20)7-2-1-6(12)9(14)8(7)13/h1-2H,3-5H2. The Bertz CT molecular complexity index is 624. The number of rotatable bonds is 5. The van der Waals surface area contributed by atoms with Gasteiger partial charge in [-0.3, -0.25) is 0 Å². The maximum Gasteiger partial charge on any atom is 0.402 e. The summed E-state index contributed by atoms with van der Waals surface area (Å²) >= 11 is 13.8. The lowest BCUT2D eigenvalue weighted by Crippen LogP contribution is -2.40. The molecule has 11 heteroatoms. The number of hydrogen-bond acceptors (Lipinski definition) is 2. The second-order valence-corrected chi connectivity index (χ2v) is 7.30. The molecule has 120 valence electrons. The average Bonchev–Trinajstić information content (AvgIpc) is 2.33. The first-order chi connectivity index (χ1) is 9.50. The van der Waals surface area contributed by atoms with Gasteiger partial charge in [0, 0.05) is 11.9 Å². The fourth-order valence-electron chi connectivity index (χ4n) is 1.42. The largest absolute Gasteiger partial charge is 0.402 e. The van der Waals surface area contributed by atoms with Gasteiger partial charge in [-0.25, -0.2) is 12.8 Å². The molecule has 0 saturated heterocycles. The van der Waals surface area contributed by atoms with E-state index >= 15 is 0 Å². The van der Waals surface area contributed by atoms with E-state index in [4.69, 9.17) is 23.2 Å². The third-order valence-corrected chi connectivity index (χ3v) is 5.32. The van der Waals surface area contributed by atoms with Crippen LogP contribution in [0.2, 0.25) is 10.0 Å². The molecular weight excluding hydrogens is 425 g/mol. The van der Waals surface area contributed by atoms with Crippen LogP contribution in [0.5, 0.6) is 0 Å². The predicted molar refractivity (Wildman–Crippen MR) is 75.0 cm³/mol. The van der Waals surface area contributed by atoms with E-state index in [9.17, 15) is 26.0 Å². The van der Waals surface area contributed by atoms with Gasteiger partial charge < -0.3 is 0 Å². The molecule has 0 unspecified atom stereocenters. The van der Waals surface area contributed by atoms with E-state index in [0.29, 0.717) is 0 Å². The van der Waals surface area contributed by atoms with Crippen LogP contribution in [0.3, 0.4) is 0 Å². The molecule has 0 bridgehead atoms. The molecular formula is C10H8BrCl2F4NO2S. The van der Waals surface area contributed by atoms with Crippen molar-refractivity contribution in [3.63, 3.8) is 0 Å². The minimum atomic E-state index is -4.74. The summed E-state index contributed by atoms with van der Waals surface area (Å²) in [6.07, 6.45) is -4.74. The van der Waals surface area contributed by atoms with Gasteiger partial charge in [0.2, 0.25) is 10.0 Å². The van der Waals surface area contributed by atoms with Crippen molar-refractivity contribution in [3.05, 3.63) is 28.0 Å². The highest BCUT2D eigenvalue weighted by Gasteiger charge is 2.38. The Morgan fingerprint density at radius 2 is 1.81 bits per heavy atom. The van der Waals surface area contributed by atoms with Gasteiger partial charge in [0.25, 0.3) is 0 Å². The Hall–Kier alpha value is -0.0900. The Balaban J connectivity index is 3.33. The molecule has 3 nitrogen and oxygen atoms in total. The van der Waals surface area contributed by atoms with Gasteiger partial charge in [-0.2, -0.15) is 17.5 Å². The van der Waals surface area contributed by atoms with E-state index in [2.05, 4.69) is 15.9 Å². The first-order valence-corrected chi connectivity index (χ1v) is 8.59. The molecule has 1 aromatic carbocycles. The van der Waals surface area contributed by atoms with Gasteiger partial charge in [0.1, 0.15) is 11.4 Å². The van der Waals surface area contributed by atoms with E-state index in [-0.39, 0.29) is 9.64 Å². The Morgan fingerprint density at radius 3 is 2.29 bits per heavy atom. The van der Waals surface area contributed by atoms with Gasteiger partial charge in [-0.15, -0.1) is 0 Å². The van der Waals surface area contributed by atoms with E-state index in [0.717, 1.165) is 12.1 Å². The third kappa shape index (κ3) is 4.69. The van der Waals surface area contributed by atoms with E-state index in [1.54, 1.807) is 0 Å². The molecule has 0 aromatic heterocycles. The van der Waals surface area contributed by atoms with Crippen LogP contribution in [0.4, 0.5) is 17.6 Å². The first kappa shape index (κ1) is 19.0. The molecule has 0 spiro atoms. The SMILES string of the molecule is O=S(=O)(c1ccc(Cl)c(F)c1Cl)N(CCBr)CC(F)(F)F. The summed E-state index contributed by atoms with van der Waals surface area (Å²) in [4.78, 5) is -0.767. The maximum atomic E-state index is 13.5. The number of hydrogen-bond donors (Lipinski definition) is 0. The summed E-state index contributed by atoms with van der Waals surface area (Å²) in [5.74, 6) is -1.20. The van der Waals surface area contributed by atoms with Gasteiger partial charge in [-0.1, -0.05) is 39.1 Å². The van der Waals surface area contributed by atoms with Crippen molar-refractivity contribution in [2.24, 2.45) is 0 Å². The minimum absolute atomic E-state index is 0.0317. The Morgan fingerprint density at radius 1 is 1.24 bits per heavy atom. The quantitative estimate of drug-likeness (QED) is 0.399. The average molecular weight is 433 g/mol. The molecule has 0 atom stereocenters. The molecule has 0 N–H and O–H groups in total. The van der Waals surface area contributed by atoms with Gasteiger partial charge in [-0.05, 0) is 12.1 Å². The van der Waals surface area contributed by atoms with Crippen LogP contribution >= 0.6 is 39.1 Å². The monoisotopic (exact) mass is 431 g/mol. The molecule has 1 rings (SSSR count). The highest BCUT2D eigenvalue weighted by molar-refractivity contribution is 9.09. The molecule has 0 aliphatic carbocycles. The van der Waals surface area contributed by atoms with Crippen LogP contribution in [0.1, 0.15) is 0 Å². The second kappa shape index (κ2) is 6.99. The summed E-state index contributed by atoms with van der Waals surface area (Å²) in [7, 11) is -4.61. The number of nitrogens with zero attached hydrogens (tertiary/aromatic N) is 1. The summed E-state index contributed by atoms with van der Waals surface area (Å²) < 4.78 is 75.5. The molecule has 0 aliphatic rings. The number of alkyl halides is 4. The van der Waals surface area contributed by atoms with E-state index in [1.807, 2.05) is 0 Å². The molecule has 0 heterocycles. The summed E-state index contributed by atoms with van der Waals surface area (Å²) in [6, 6.07) is 1.77. The number of benzene rings is 1. The fourth-order valence-corrected chi connectivity index (χ4v) is 4.23. The van der Waals surface area contributed by atoms with Crippen LogP contribution in [-0.2, 0) is 10.0 Å². The normalized spacial score (nSPS) is 13.0. The third-order valence-electron chi connectivity index (χ3n) is 2.31. The Kier molecular flexibility index (Phi) is 6.31. The van der Waals surface area contributed by atoms with Crippen LogP contribution in [0, 0.1) is 5.82 Å². The second-order valence-electron chi connectivity index (χ2n) is 3.82. The highest BCUT2D eigenvalue weighted by atomic mass is 79.9. The molecule has 0 saturated carbocycles. The lowest BCUT2D eigenvalue weighted by molar-refractivity contribution is -0.135. The lowest BCUT2D eigenvalue weighted by atomic mass is 10.3. The summed E-state index contributed by atoms with van der Waals surface area (Å²) in [5, 5.41) is -1.30. The van der Waals surface area contributed by atoms with Crippen molar-refractivity contribution in [2.75, 3.05) is 18.4 Å². The topological polar surface area (TPSA) is 37.4 Å². The molecule has 0 aliphatic heterocycles. The van der Waals surface area contributed by atoms with Crippen molar-refractivity contribution in [1.82, 2.24) is 4.31 Å². The van der Waals surface area contributed by atoms with E-state index < -0.39 is 50.0 Å². The molecule has 0 fully saturated rings. The molecule has 0 amide bonds. The smallest absolute Gasteiger partial charge is 0.207 e. The molecule has 21 heavy (non-hydrogen) atoms. The van der Waals surface area contributed by atoms with Crippen molar-refractivity contribution >= 4 is 49.2 Å². The van der Waals surface area contributed by atoms with Crippen molar-refractivity contribution in [3.8, 4) is 0 Å². The summed E-state index contributed by atoms with van der Waals surface area (Å²) in [5.41, 5.74) is 0. The zero-order chi connectivity index (χ0) is 16.4. The number of halogens is 7. The number of sulfonamides is 1. The summed E-state index contributed by atoms with van der Waals surface area (Å²) in [6.45, 7) is -2.16. The van der Waals surface area contributed by atoms with Crippen LogP contribution in [0.15, 0.2) is 17.0 Å². The van der Waals surface area contributed by atoms with Crippen molar-refractivity contribution < 1.29 is 26.0 Å². The van der Waals surface area contributed by atoms with Gasteiger partial charge in [0.15, 0.2) is 5.82 Å². The van der Waals surface area contributed by atoms with Gasteiger partial charge >= 0.3 is 6.18 Å². The van der Waals surface area contributed by atoms with Crippen molar-refractivity contribution in [1.29, 1.82) is 0 Å². The zero-order valence-electron chi connectivity index (χ0n) is 10.1. The first-order valence-electron chi connectivity index (χ1n) is 5.27. The van der Waals surface area contributed by atoms with Gasteiger partial charge in [0.05, 0.1) is 10.0 Å². The van der Waals surface area contributed by atoms with Crippen molar-refractivity contribution in [2.45, 2.75) is 11.1 Å². The van der Waals surface area contributed by atoms with Crippen LogP contribution < -0.4 is 0 Å². The highest BCUT2D eigenvalue weighted by Crippen LogP contribution is 2.32. The van der Waals surface area contributed by atoms with E-state index in [1.165, 1.54) is 0 Å². The zero-order valence-corrected chi connectivity index (χ0v) is 14.0. The Labute approximate surface area is 137 Å². The molecule has 1 aromatic rings. The maximum absolute atomic E-state index is 13.5. The van der Waals surface area contributed by atoms with Crippen LogP contribution in [0.25, 0.3) is 0 Å². The predicted octanol–water partition coefficient (Wildman–Crippen LogP) is 4.08. The molecule has 0 radical (unpaired) electrons. The minimum Gasteiger partial charge on any atom is -0.207 e.